The Kier molecular flexibility index (Phi) is 5.45. The minimum Gasteiger partial charge on any atom is -0.465 e. The summed E-state index contributed by atoms with van der Waals surface area (Å²) in [4.78, 5) is 11.8. The maximum atomic E-state index is 11.8. The number of aromatic nitrogens is 2. The Morgan fingerprint density at radius 1 is 1.29 bits per heavy atom. The van der Waals surface area contributed by atoms with Crippen molar-refractivity contribution in [1.29, 1.82) is 0 Å². The lowest BCUT2D eigenvalue weighted by molar-refractivity contribution is -0.111. The zero-order valence-corrected chi connectivity index (χ0v) is 14.6. The van der Waals surface area contributed by atoms with Gasteiger partial charge in [0.15, 0.2) is 4.34 Å². The largest absolute Gasteiger partial charge is 0.465 e. The fourth-order valence-corrected chi connectivity index (χ4v) is 3.55. The molecule has 0 aliphatic rings. The van der Waals surface area contributed by atoms with E-state index in [0.29, 0.717) is 10.9 Å². The third-order valence-corrected chi connectivity index (χ3v) is 5.10. The van der Waals surface area contributed by atoms with Crippen LogP contribution in [0, 0.1) is 6.92 Å². The van der Waals surface area contributed by atoms with Crippen LogP contribution in [0.4, 0.5) is 5.13 Å². The zero-order chi connectivity index (χ0) is 16.8. The monoisotopic (exact) mass is 357 g/mol. The molecule has 24 heavy (non-hydrogen) atoms. The van der Waals surface area contributed by atoms with Crippen molar-refractivity contribution in [3.63, 3.8) is 0 Å². The van der Waals surface area contributed by atoms with Crippen LogP contribution < -0.4 is 5.32 Å². The number of anilines is 1. The molecule has 2 heterocycles. The lowest BCUT2D eigenvalue weighted by Crippen LogP contribution is -2.07. The number of benzene rings is 1. The van der Waals surface area contributed by atoms with Crippen molar-refractivity contribution in [3.05, 3.63) is 65.6 Å². The quantitative estimate of drug-likeness (QED) is 0.403. The number of carbonyl (C=O) groups is 1. The van der Waals surface area contributed by atoms with Crippen LogP contribution >= 0.6 is 23.1 Å². The van der Waals surface area contributed by atoms with Crippen LogP contribution in [0.25, 0.3) is 6.08 Å². The number of carbonyl (C=O) groups excluding carboxylic acids is 1. The second-order valence-electron chi connectivity index (χ2n) is 4.99. The van der Waals surface area contributed by atoms with Gasteiger partial charge < -0.3 is 4.42 Å². The highest BCUT2D eigenvalue weighted by Gasteiger charge is 2.07. The molecule has 1 aromatic carbocycles. The summed E-state index contributed by atoms with van der Waals surface area (Å²) in [5, 5.41) is 11.2. The number of aryl methyl sites for hydroxylation is 1. The third kappa shape index (κ3) is 4.81. The number of rotatable bonds is 6. The van der Waals surface area contributed by atoms with E-state index in [4.69, 9.17) is 4.42 Å². The second kappa shape index (κ2) is 7.94. The molecule has 0 spiro atoms. The van der Waals surface area contributed by atoms with Crippen LogP contribution in [-0.2, 0) is 10.5 Å². The molecule has 3 aromatic rings. The molecule has 122 valence electrons. The Morgan fingerprint density at radius 2 is 2.12 bits per heavy atom. The Labute approximate surface area is 147 Å². The van der Waals surface area contributed by atoms with Gasteiger partial charge in [-0.15, -0.1) is 10.2 Å². The Hall–Kier alpha value is -2.38. The van der Waals surface area contributed by atoms with Crippen LogP contribution in [0.3, 0.4) is 0 Å². The summed E-state index contributed by atoms with van der Waals surface area (Å²) in [5.41, 5.74) is 2.47. The van der Waals surface area contributed by atoms with Gasteiger partial charge in [-0.2, -0.15) is 0 Å². The number of furan rings is 1. The summed E-state index contributed by atoms with van der Waals surface area (Å²) in [5.74, 6) is 1.18. The first-order valence-corrected chi connectivity index (χ1v) is 9.04. The van der Waals surface area contributed by atoms with E-state index in [0.717, 1.165) is 10.1 Å². The van der Waals surface area contributed by atoms with Crippen LogP contribution in [0.2, 0.25) is 0 Å². The fraction of sp³-hybridized carbons (Fsp3) is 0.118. The van der Waals surface area contributed by atoms with Gasteiger partial charge in [0, 0.05) is 11.8 Å². The van der Waals surface area contributed by atoms with Gasteiger partial charge >= 0.3 is 0 Å². The SMILES string of the molecule is Cc1ccc(CSc2nnc(NC(=O)C=Cc3ccco3)s2)cc1. The molecule has 5 nitrogen and oxygen atoms in total. The number of hydrogen-bond donors (Lipinski definition) is 1. The lowest BCUT2D eigenvalue weighted by atomic mass is 10.2. The van der Waals surface area contributed by atoms with Gasteiger partial charge in [-0.1, -0.05) is 52.9 Å². The number of hydrogen-bond acceptors (Lipinski definition) is 6. The molecule has 0 unspecified atom stereocenters. The Balaban J connectivity index is 1.51. The molecule has 7 heteroatoms. The highest BCUT2D eigenvalue weighted by atomic mass is 32.2. The molecule has 0 aliphatic carbocycles. The van der Waals surface area contributed by atoms with Crippen LogP contribution in [0.1, 0.15) is 16.9 Å². The van der Waals surface area contributed by atoms with E-state index >= 15 is 0 Å². The lowest BCUT2D eigenvalue weighted by Gasteiger charge is -1.99. The van der Waals surface area contributed by atoms with Gasteiger partial charge in [-0.25, -0.2) is 0 Å². The van der Waals surface area contributed by atoms with Crippen molar-refractivity contribution < 1.29 is 9.21 Å². The van der Waals surface area contributed by atoms with Gasteiger partial charge in [-0.05, 0) is 30.7 Å². The Bertz CT molecular complexity index is 824. The average Bonchev–Trinajstić information content (AvgIpc) is 3.24. The summed E-state index contributed by atoms with van der Waals surface area (Å²) < 4.78 is 5.94. The minimum absolute atomic E-state index is 0.266. The van der Waals surface area contributed by atoms with Crippen LogP contribution in [0.5, 0.6) is 0 Å². The standard InChI is InChI=1S/C17H15N3O2S2/c1-12-4-6-13(7-5-12)11-23-17-20-19-16(24-17)18-15(21)9-8-14-3-2-10-22-14/h2-10H,11H2,1H3,(H,18,19,21). The highest BCUT2D eigenvalue weighted by Crippen LogP contribution is 2.28. The summed E-state index contributed by atoms with van der Waals surface area (Å²) in [7, 11) is 0. The van der Waals surface area contributed by atoms with Gasteiger partial charge in [0.2, 0.25) is 11.0 Å². The molecule has 1 N–H and O–H groups in total. The maximum absolute atomic E-state index is 11.8. The fourth-order valence-electron chi connectivity index (χ4n) is 1.84. The van der Waals surface area contributed by atoms with E-state index in [1.54, 1.807) is 36.2 Å². The normalized spacial score (nSPS) is 11.0. The predicted octanol–water partition coefficient (Wildman–Crippen LogP) is 4.38. The van der Waals surface area contributed by atoms with Gasteiger partial charge in [-0.3, -0.25) is 10.1 Å². The molecule has 0 atom stereocenters. The Morgan fingerprint density at radius 3 is 2.88 bits per heavy atom. The van der Waals surface area contributed by atoms with E-state index < -0.39 is 0 Å². The van der Waals surface area contributed by atoms with Crippen molar-refractivity contribution in [2.45, 2.75) is 17.0 Å². The van der Waals surface area contributed by atoms with Gasteiger partial charge in [0.1, 0.15) is 5.76 Å². The van der Waals surface area contributed by atoms with E-state index in [9.17, 15) is 4.79 Å². The molecule has 3 rings (SSSR count). The first-order valence-electron chi connectivity index (χ1n) is 7.23. The molecular weight excluding hydrogens is 342 g/mol. The number of amides is 1. The molecular formula is C17H15N3O2S2. The highest BCUT2D eigenvalue weighted by molar-refractivity contribution is 8.00. The number of thioether (sulfide) groups is 1. The minimum atomic E-state index is -0.266. The van der Waals surface area contributed by atoms with E-state index in [-0.39, 0.29) is 5.91 Å². The van der Waals surface area contributed by atoms with Crippen LogP contribution in [-0.4, -0.2) is 16.1 Å². The second-order valence-corrected chi connectivity index (χ2v) is 7.19. The molecule has 0 fully saturated rings. The molecule has 1 amide bonds. The summed E-state index contributed by atoms with van der Waals surface area (Å²) in [6.07, 6.45) is 4.56. The van der Waals surface area contributed by atoms with Crippen molar-refractivity contribution in [1.82, 2.24) is 10.2 Å². The molecule has 0 saturated heterocycles. The van der Waals surface area contributed by atoms with Crippen molar-refractivity contribution in [2.24, 2.45) is 0 Å². The smallest absolute Gasteiger partial charge is 0.250 e. The first-order chi connectivity index (χ1) is 11.7. The summed E-state index contributed by atoms with van der Waals surface area (Å²) in [6.45, 7) is 2.07. The summed E-state index contributed by atoms with van der Waals surface area (Å²) >= 11 is 2.96. The van der Waals surface area contributed by atoms with Crippen molar-refractivity contribution in [2.75, 3.05) is 5.32 Å². The topological polar surface area (TPSA) is 68.0 Å². The van der Waals surface area contributed by atoms with E-state index in [2.05, 4.69) is 46.7 Å². The zero-order valence-electron chi connectivity index (χ0n) is 12.9. The summed E-state index contributed by atoms with van der Waals surface area (Å²) in [6, 6.07) is 11.9. The van der Waals surface area contributed by atoms with Crippen LogP contribution in [0.15, 0.2) is 57.5 Å². The molecule has 2 aromatic heterocycles. The number of nitrogens with zero attached hydrogens (tertiary/aromatic N) is 2. The molecule has 0 radical (unpaired) electrons. The van der Waals surface area contributed by atoms with E-state index in [1.807, 2.05) is 0 Å². The van der Waals surface area contributed by atoms with Gasteiger partial charge in [0.05, 0.1) is 6.26 Å². The first kappa shape index (κ1) is 16.5. The van der Waals surface area contributed by atoms with E-state index in [1.165, 1.54) is 28.5 Å². The number of nitrogens with one attached hydrogen (secondary N) is 1. The van der Waals surface area contributed by atoms with Crippen molar-refractivity contribution >= 4 is 40.2 Å². The maximum Gasteiger partial charge on any atom is 0.250 e. The molecule has 0 saturated carbocycles. The molecule has 0 aliphatic heterocycles. The van der Waals surface area contributed by atoms with Gasteiger partial charge in [0.25, 0.3) is 0 Å². The van der Waals surface area contributed by atoms with Crippen molar-refractivity contribution in [3.8, 4) is 0 Å². The average molecular weight is 357 g/mol. The predicted molar refractivity (Wildman–Crippen MR) is 97.0 cm³/mol. The molecule has 0 bridgehead atoms. The third-order valence-electron chi connectivity index (χ3n) is 3.06.